The van der Waals surface area contributed by atoms with E-state index >= 15 is 0 Å². The van der Waals surface area contributed by atoms with Crippen LogP contribution in [0.5, 0.6) is 0 Å². The summed E-state index contributed by atoms with van der Waals surface area (Å²) < 4.78 is 17.1. The maximum atomic E-state index is 12.6. The van der Waals surface area contributed by atoms with Crippen molar-refractivity contribution >= 4 is 17.6 Å². The predicted molar refractivity (Wildman–Crippen MR) is 51.5 cm³/mol. The van der Waals surface area contributed by atoms with Crippen molar-refractivity contribution in [2.75, 3.05) is 7.11 Å². The molecule has 0 radical (unpaired) electrons. The van der Waals surface area contributed by atoms with E-state index in [9.17, 15) is 9.18 Å². The van der Waals surface area contributed by atoms with E-state index in [4.69, 9.17) is 17.3 Å². The van der Waals surface area contributed by atoms with Gasteiger partial charge in [-0.1, -0.05) is 6.08 Å². The number of halogens is 2. The van der Waals surface area contributed by atoms with Crippen LogP contribution in [0, 0.1) is 0 Å². The number of esters is 1. The third-order valence-corrected chi connectivity index (χ3v) is 2.62. The highest BCUT2D eigenvalue weighted by molar-refractivity contribution is 6.27. The van der Waals surface area contributed by atoms with Gasteiger partial charge < -0.3 is 10.5 Å². The lowest BCUT2D eigenvalue weighted by Gasteiger charge is -2.28. The van der Waals surface area contributed by atoms with E-state index in [2.05, 4.69) is 4.74 Å². The van der Waals surface area contributed by atoms with Crippen molar-refractivity contribution in [2.24, 2.45) is 5.73 Å². The topological polar surface area (TPSA) is 52.3 Å². The highest BCUT2D eigenvalue weighted by Crippen LogP contribution is 2.31. The van der Waals surface area contributed by atoms with Crippen molar-refractivity contribution in [3.05, 3.63) is 24.1 Å². The molecule has 2 N–H and O–H groups in total. The molecule has 0 spiro atoms. The van der Waals surface area contributed by atoms with Crippen LogP contribution >= 0.6 is 11.6 Å². The van der Waals surface area contributed by atoms with E-state index in [0.29, 0.717) is 0 Å². The summed E-state index contributed by atoms with van der Waals surface area (Å²) in [6.45, 7) is 0. The molecule has 1 rings (SSSR count). The van der Waals surface area contributed by atoms with Gasteiger partial charge in [-0.25, -0.2) is 4.39 Å². The second-order valence-electron chi connectivity index (χ2n) is 3.05. The fraction of sp³-hybridized carbons (Fsp3) is 0.444. The summed E-state index contributed by atoms with van der Waals surface area (Å²) >= 11 is 6.04. The molecule has 0 aliphatic heterocycles. The first-order valence-corrected chi connectivity index (χ1v) is 4.44. The third-order valence-electron chi connectivity index (χ3n) is 2.10. The first-order chi connectivity index (χ1) is 6.49. The van der Waals surface area contributed by atoms with Gasteiger partial charge in [0.25, 0.3) is 0 Å². The molecular formula is C9H11ClFNO2. The average molecular weight is 220 g/mol. The van der Waals surface area contributed by atoms with Crippen LogP contribution in [-0.4, -0.2) is 24.0 Å². The van der Waals surface area contributed by atoms with E-state index in [-0.39, 0.29) is 12.2 Å². The zero-order chi connectivity index (χ0) is 10.8. The van der Waals surface area contributed by atoms with Crippen molar-refractivity contribution in [3.63, 3.8) is 0 Å². The van der Waals surface area contributed by atoms with Gasteiger partial charge in [-0.15, -0.1) is 11.6 Å². The summed E-state index contributed by atoms with van der Waals surface area (Å²) in [5, 5.41) is 0. The van der Waals surface area contributed by atoms with Gasteiger partial charge in [-0.3, -0.25) is 4.79 Å². The summed E-state index contributed by atoms with van der Waals surface area (Å²) in [6.07, 6.45) is 4.04. The first kappa shape index (κ1) is 11.2. The SMILES string of the molecule is COC(=O)C(N)[C@]1(Cl)C=CC(F)=CC1. The molecule has 78 valence electrons. The van der Waals surface area contributed by atoms with Gasteiger partial charge in [0, 0.05) is 0 Å². The summed E-state index contributed by atoms with van der Waals surface area (Å²) in [5.74, 6) is -0.987. The van der Waals surface area contributed by atoms with E-state index in [0.717, 1.165) is 0 Å². The van der Waals surface area contributed by atoms with Crippen LogP contribution in [0.3, 0.4) is 0 Å². The van der Waals surface area contributed by atoms with Gasteiger partial charge in [-0.2, -0.15) is 0 Å². The zero-order valence-electron chi connectivity index (χ0n) is 7.67. The molecule has 0 saturated carbocycles. The molecule has 0 aromatic heterocycles. The Bertz CT molecular complexity index is 303. The number of carbonyl (C=O) groups excluding carboxylic acids is 1. The smallest absolute Gasteiger partial charge is 0.324 e. The van der Waals surface area contributed by atoms with Crippen molar-refractivity contribution in [2.45, 2.75) is 17.3 Å². The van der Waals surface area contributed by atoms with Gasteiger partial charge in [0.1, 0.15) is 11.9 Å². The highest BCUT2D eigenvalue weighted by Gasteiger charge is 2.38. The summed E-state index contributed by atoms with van der Waals surface area (Å²) in [4.78, 5) is 10.0. The fourth-order valence-electron chi connectivity index (χ4n) is 1.16. The lowest BCUT2D eigenvalue weighted by molar-refractivity contribution is -0.142. The number of alkyl halides is 1. The molecular weight excluding hydrogens is 209 g/mol. The van der Waals surface area contributed by atoms with Crippen molar-refractivity contribution in [1.29, 1.82) is 0 Å². The molecule has 0 fully saturated rings. The molecule has 0 heterocycles. The number of hydrogen-bond acceptors (Lipinski definition) is 3. The van der Waals surface area contributed by atoms with E-state index in [1.807, 2.05) is 0 Å². The van der Waals surface area contributed by atoms with Gasteiger partial charge in [-0.05, 0) is 18.6 Å². The molecule has 0 amide bonds. The molecule has 0 bridgehead atoms. The Hall–Kier alpha value is -0.870. The quantitative estimate of drug-likeness (QED) is 0.562. The van der Waals surface area contributed by atoms with Crippen LogP contribution in [-0.2, 0) is 9.53 Å². The van der Waals surface area contributed by atoms with Gasteiger partial charge >= 0.3 is 5.97 Å². The molecule has 3 nitrogen and oxygen atoms in total. The van der Waals surface area contributed by atoms with E-state index < -0.39 is 16.9 Å². The molecule has 1 unspecified atom stereocenters. The summed E-state index contributed by atoms with van der Waals surface area (Å²) in [6, 6.07) is -0.991. The molecule has 0 aromatic carbocycles. The van der Waals surface area contributed by atoms with Crippen LogP contribution in [0.25, 0.3) is 0 Å². The molecule has 1 aliphatic carbocycles. The van der Waals surface area contributed by atoms with Crippen LogP contribution in [0.15, 0.2) is 24.1 Å². The normalized spacial score (nSPS) is 28.1. The number of hydrogen-bond donors (Lipinski definition) is 1. The summed E-state index contributed by atoms with van der Waals surface area (Å²) in [7, 11) is 1.23. The highest BCUT2D eigenvalue weighted by atomic mass is 35.5. The molecule has 2 atom stereocenters. The van der Waals surface area contributed by atoms with Gasteiger partial charge in [0.15, 0.2) is 0 Å². The second-order valence-corrected chi connectivity index (χ2v) is 3.76. The van der Waals surface area contributed by atoms with Crippen molar-refractivity contribution < 1.29 is 13.9 Å². The van der Waals surface area contributed by atoms with Crippen LogP contribution in [0.1, 0.15) is 6.42 Å². The Balaban J connectivity index is 2.78. The number of carbonyl (C=O) groups is 1. The number of rotatable bonds is 2. The molecule has 5 heteroatoms. The maximum absolute atomic E-state index is 12.6. The van der Waals surface area contributed by atoms with Gasteiger partial charge in [0.05, 0.1) is 12.0 Å². The summed E-state index contributed by atoms with van der Waals surface area (Å²) in [5.41, 5.74) is 5.57. The Labute approximate surface area is 86.4 Å². The fourth-order valence-corrected chi connectivity index (χ4v) is 1.39. The minimum atomic E-state index is -1.08. The van der Waals surface area contributed by atoms with Crippen LogP contribution < -0.4 is 5.73 Å². The Morgan fingerprint density at radius 1 is 1.86 bits per heavy atom. The molecule has 14 heavy (non-hydrogen) atoms. The minimum absolute atomic E-state index is 0.174. The Morgan fingerprint density at radius 2 is 2.50 bits per heavy atom. The van der Waals surface area contributed by atoms with E-state index in [1.54, 1.807) is 0 Å². The Kier molecular flexibility index (Phi) is 3.29. The Morgan fingerprint density at radius 3 is 2.93 bits per heavy atom. The number of allylic oxidation sites excluding steroid dienone is 3. The number of methoxy groups -OCH3 is 1. The zero-order valence-corrected chi connectivity index (χ0v) is 8.42. The van der Waals surface area contributed by atoms with Crippen LogP contribution in [0.2, 0.25) is 0 Å². The van der Waals surface area contributed by atoms with Crippen LogP contribution in [0.4, 0.5) is 4.39 Å². The standard InChI is InChI=1S/C9H11ClFNO2/c1-14-8(13)7(12)9(10)4-2-6(11)3-5-9/h2-4,7H,5,12H2,1H3/t7?,9-/m0/s1. The molecule has 0 saturated heterocycles. The minimum Gasteiger partial charge on any atom is -0.468 e. The largest absolute Gasteiger partial charge is 0.468 e. The number of ether oxygens (including phenoxy) is 1. The second kappa shape index (κ2) is 4.11. The lowest BCUT2D eigenvalue weighted by Crippen LogP contribution is -2.48. The van der Waals surface area contributed by atoms with Crippen molar-refractivity contribution in [1.82, 2.24) is 0 Å². The average Bonchev–Trinajstić information content (AvgIpc) is 2.20. The van der Waals surface area contributed by atoms with E-state index in [1.165, 1.54) is 25.3 Å². The van der Waals surface area contributed by atoms with Crippen molar-refractivity contribution in [3.8, 4) is 0 Å². The number of nitrogens with two attached hydrogens (primary N) is 1. The lowest BCUT2D eigenvalue weighted by atomic mass is 9.92. The molecule has 1 aliphatic rings. The third kappa shape index (κ3) is 2.13. The predicted octanol–water partition coefficient (Wildman–Crippen LogP) is 1.28. The van der Waals surface area contributed by atoms with Gasteiger partial charge in [0.2, 0.25) is 0 Å². The monoisotopic (exact) mass is 219 g/mol. The molecule has 0 aromatic rings. The maximum Gasteiger partial charge on any atom is 0.324 e. The first-order valence-electron chi connectivity index (χ1n) is 4.07.